The Bertz CT molecular complexity index is 729. The molecule has 1 aromatic carbocycles. The van der Waals surface area contributed by atoms with Crippen LogP contribution >= 0.6 is 0 Å². The van der Waals surface area contributed by atoms with Gasteiger partial charge in [-0.05, 0) is 37.6 Å². The average Bonchev–Trinajstić information content (AvgIpc) is 2.77. The molecule has 3 aliphatic rings. The summed E-state index contributed by atoms with van der Waals surface area (Å²) in [6.45, 7) is 3.17. The molecule has 1 spiro atoms. The van der Waals surface area contributed by atoms with Crippen molar-refractivity contribution in [2.75, 3.05) is 6.54 Å². The van der Waals surface area contributed by atoms with E-state index < -0.39 is 12.1 Å². The van der Waals surface area contributed by atoms with Gasteiger partial charge in [0.15, 0.2) is 11.5 Å². The molecule has 0 fully saturated rings. The normalized spacial score (nSPS) is 30.6. The van der Waals surface area contributed by atoms with Crippen LogP contribution in [0, 0.1) is 0 Å². The molecule has 0 saturated heterocycles. The molecule has 2 aliphatic heterocycles. The SMILES string of the molecule is CC(O)CC(=O)OC1C=CC23CCNCc4ccc(O)c(c42)OC3C1. The van der Waals surface area contributed by atoms with Crippen LogP contribution in [-0.2, 0) is 21.5 Å². The second-order valence-corrected chi connectivity index (χ2v) is 7.20. The van der Waals surface area contributed by atoms with Gasteiger partial charge in [-0.2, -0.15) is 0 Å². The summed E-state index contributed by atoms with van der Waals surface area (Å²) in [7, 11) is 0. The van der Waals surface area contributed by atoms with Gasteiger partial charge in [0.2, 0.25) is 0 Å². The van der Waals surface area contributed by atoms with Crippen molar-refractivity contribution < 1.29 is 24.5 Å². The van der Waals surface area contributed by atoms with Crippen molar-refractivity contribution in [2.45, 2.75) is 56.5 Å². The number of carbonyl (C=O) groups is 1. The highest BCUT2D eigenvalue weighted by Crippen LogP contribution is 2.55. The van der Waals surface area contributed by atoms with Crippen molar-refractivity contribution in [3.63, 3.8) is 0 Å². The van der Waals surface area contributed by atoms with Crippen molar-refractivity contribution in [1.82, 2.24) is 5.32 Å². The molecule has 4 rings (SSSR count). The molecule has 134 valence electrons. The summed E-state index contributed by atoms with van der Waals surface area (Å²) >= 11 is 0. The zero-order valence-corrected chi connectivity index (χ0v) is 14.2. The Labute approximate surface area is 146 Å². The summed E-state index contributed by atoms with van der Waals surface area (Å²) < 4.78 is 11.6. The van der Waals surface area contributed by atoms with E-state index in [4.69, 9.17) is 9.47 Å². The van der Waals surface area contributed by atoms with Gasteiger partial charge in [0.1, 0.15) is 12.2 Å². The lowest BCUT2D eigenvalue weighted by molar-refractivity contribution is -0.150. The first-order valence-electron chi connectivity index (χ1n) is 8.79. The highest BCUT2D eigenvalue weighted by atomic mass is 16.5. The Morgan fingerprint density at radius 1 is 1.52 bits per heavy atom. The number of phenols is 1. The third kappa shape index (κ3) is 2.69. The van der Waals surface area contributed by atoms with Gasteiger partial charge in [-0.3, -0.25) is 4.79 Å². The minimum absolute atomic E-state index is 0.0178. The third-order valence-electron chi connectivity index (χ3n) is 5.35. The monoisotopic (exact) mass is 345 g/mol. The predicted molar refractivity (Wildman–Crippen MR) is 90.5 cm³/mol. The van der Waals surface area contributed by atoms with Crippen LogP contribution in [0.15, 0.2) is 24.3 Å². The van der Waals surface area contributed by atoms with Crippen molar-refractivity contribution >= 4 is 5.97 Å². The second kappa shape index (κ2) is 6.04. The fourth-order valence-corrected chi connectivity index (χ4v) is 4.25. The van der Waals surface area contributed by atoms with Crippen LogP contribution in [-0.4, -0.2) is 41.0 Å². The first-order valence-corrected chi connectivity index (χ1v) is 8.79. The van der Waals surface area contributed by atoms with E-state index in [0.717, 1.165) is 30.6 Å². The number of nitrogens with one attached hydrogen (secondary N) is 1. The first-order chi connectivity index (χ1) is 12.0. The number of benzene rings is 1. The maximum absolute atomic E-state index is 11.8. The van der Waals surface area contributed by atoms with Gasteiger partial charge < -0.3 is 25.0 Å². The highest BCUT2D eigenvalue weighted by Gasteiger charge is 2.52. The maximum Gasteiger partial charge on any atom is 0.308 e. The van der Waals surface area contributed by atoms with E-state index >= 15 is 0 Å². The number of hydrogen-bond acceptors (Lipinski definition) is 6. The quantitative estimate of drug-likeness (QED) is 0.569. The lowest BCUT2D eigenvalue weighted by Gasteiger charge is -2.36. The van der Waals surface area contributed by atoms with Gasteiger partial charge in [0, 0.05) is 18.5 Å². The number of esters is 1. The number of rotatable bonds is 3. The summed E-state index contributed by atoms with van der Waals surface area (Å²) in [5, 5.41) is 23.0. The Morgan fingerprint density at radius 2 is 2.36 bits per heavy atom. The van der Waals surface area contributed by atoms with E-state index in [9.17, 15) is 15.0 Å². The second-order valence-electron chi connectivity index (χ2n) is 7.20. The zero-order valence-electron chi connectivity index (χ0n) is 14.2. The molecule has 0 aromatic heterocycles. The van der Waals surface area contributed by atoms with Crippen LogP contribution < -0.4 is 10.1 Å². The van der Waals surface area contributed by atoms with Crippen LogP contribution in [0.5, 0.6) is 11.5 Å². The molecular weight excluding hydrogens is 322 g/mol. The number of aliphatic hydroxyl groups excluding tert-OH is 1. The largest absolute Gasteiger partial charge is 0.504 e. The predicted octanol–water partition coefficient (Wildman–Crippen LogP) is 1.53. The van der Waals surface area contributed by atoms with Gasteiger partial charge in [0.25, 0.3) is 0 Å². The van der Waals surface area contributed by atoms with Crippen molar-refractivity contribution in [1.29, 1.82) is 0 Å². The summed E-state index contributed by atoms with van der Waals surface area (Å²) in [5.41, 5.74) is 1.91. The van der Waals surface area contributed by atoms with Crippen LogP contribution in [0.1, 0.15) is 37.3 Å². The Kier molecular flexibility index (Phi) is 3.96. The first kappa shape index (κ1) is 16.4. The standard InChI is InChI=1S/C19H23NO5/c1-11(21)8-16(23)24-13-4-5-19-6-7-20-10-12-2-3-14(22)18(17(12)19)25-15(19)9-13/h2-5,11,13,15,20-22H,6-10H2,1H3. The molecule has 0 radical (unpaired) electrons. The van der Waals surface area contributed by atoms with Crippen molar-refractivity contribution in [3.05, 3.63) is 35.4 Å². The van der Waals surface area contributed by atoms with Gasteiger partial charge >= 0.3 is 5.97 Å². The number of aliphatic hydroxyl groups is 1. The number of ether oxygens (including phenoxy) is 2. The van der Waals surface area contributed by atoms with Gasteiger partial charge in [-0.25, -0.2) is 0 Å². The van der Waals surface area contributed by atoms with Crippen LogP contribution in [0.3, 0.4) is 0 Å². The number of phenolic OH excluding ortho intramolecular Hbond substituents is 1. The molecule has 4 atom stereocenters. The summed E-state index contributed by atoms with van der Waals surface area (Å²) in [6, 6.07) is 3.62. The molecule has 6 heteroatoms. The zero-order chi connectivity index (χ0) is 17.6. The van der Waals surface area contributed by atoms with Crippen molar-refractivity contribution in [2.24, 2.45) is 0 Å². The lowest BCUT2D eigenvalue weighted by atomic mass is 9.69. The summed E-state index contributed by atoms with van der Waals surface area (Å²) in [6.07, 6.45) is 4.13. The van der Waals surface area contributed by atoms with Crippen LogP contribution in [0.25, 0.3) is 0 Å². The molecule has 1 aromatic rings. The topological polar surface area (TPSA) is 88.0 Å². The molecule has 3 N–H and O–H groups in total. The van der Waals surface area contributed by atoms with Crippen molar-refractivity contribution in [3.8, 4) is 11.5 Å². The van der Waals surface area contributed by atoms with E-state index in [0.29, 0.717) is 12.2 Å². The highest BCUT2D eigenvalue weighted by molar-refractivity contribution is 5.70. The molecule has 0 saturated carbocycles. The fraction of sp³-hybridized carbons (Fsp3) is 0.526. The Hall–Kier alpha value is -2.05. The number of aromatic hydroxyl groups is 1. The van der Waals surface area contributed by atoms with E-state index in [1.54, 1.807) is 13.0 Å². The third-order valence-corrected chi connectivity index (χ3v) is 5.35. The van der Waals surface area contributed by atoms with Crippen LogP contribution in [0.4, 0.5) is 0 Å². The van der Waals surface area contributed by atoms with E-state index in [1.807, 2.05) is 12.1 Å². The van der Waals surface area contributed by atoms with Gasteiger partial charge in [-0.1, -0.05) is 12.1 Å². The van der Waals surface area contributed by atoms with E-state index in [-0.39, 0.29) is 29.8 Å². The van der Waals surface area contributed by atoms with E-state index in [1.165, 1.54) is 0 Å². The van der Waals surface area contributed by atoms with Gasteiger partial charge in [-0.15, -0.1) is 0 Å². The lowest BCUT2D eigenvalue weighted by Crippen LogP contribution is -2.43. The number of hydrogen-bond donors (Lipinski definition) is 3. The molecule has 0 bridgehead atoms. The maximum atomic E-state index is 11.8. The van der Waals surface area contributed by atoms with Gasteiger partial charge in [0.05, 0.1) is 17.9 Å². The van der Waals surface area contributed by atoms with E-state index in [2.05, 4.69) is 11.4 Å². The molecule has 1 aliphatic carbocycles. The van der Waals surface area contributed by atoms with Crippen LogP contribution in [0.2, 0.25) is 0 Å². The molecular formula is C19H23NO5. The molecule has 4 unspecified atom stereocenters. The molecule has 0 amide bonds. The summed E-state index contributed by atoms with van der Waals surface area (Å²) in [4.78, 5) is 11.8. The number of carbonyl (C=O) groups excluding carboxylic acids is 1. The average molecular weight is 345 g/mol. The Morgan fingerprint density at radius 3 is 3.16 bits per heavy atom. The summed E-state index contributed by atoms with van der Waals surface area (Å²) in [5.74, 6) is 0.305. The smallest absolute Gasteiger partial charge is 0.308 e. The fourth-order valence-electron chi connectivity index (χ4n) is 4.25. The Balaban J connectivity index is 1.64. The molecule has 25 heavy (non-hydrogen) atoms. The molecule has 2 heterocycles. The minimum atomic E-state index is -0.717. The molecule has 6 nitrogen and oxygen atoms in total. The minimum Gasteiger partial charge on any atom is -0.504 e.